The van der Waals surface area contributed by atoms with Crippen LogP contribution < -0.4 is 0 Å². The highest BCUT2D eigenvalue weighted by Crippen LogP contribution is 2.48. The number of nitrogens with zero attached hydrogens (tertiary/aromatic N) is 2. The summed E-state index contributed by atoms with van der Waals surface area (Å²) in [5.74, 6) is 0.592. The molecule has 8 heteroatoms. The van der Waals surface area contributed by atoms with Crippen LogP contribution >= 0.6 is 0 Å². The maximum atomic E-state index is 6.78. The second-order valence-electron chi connectivity index (χ2n) is 14.7. The van der Waals surface area contributed by atoms with Gasteiger partial charge < -0.3 is 8.98 Å². The Morgan fingerprint density at radius 2 is 1.08 bits per heavy atom. The van der Waals surface area contributed by atoms with Crippen molar-refractivity contribution in [3.8, 4) is 44.8 Å². The summed E-state index contributed by atoms with van der Waals surface area (Å²) in [6.45, 7) is 3.70. The van der Waals surface area contributed by atoms with Gasteiger partial charge in [0.25, 0.3) is 0 Å². The highest BCUT2D eigenvalue weighted by molar-refractivity contribution is 6.52. The minimum Gasteiger partial charge on any atom is -0.456 e. The Morgan fingerprint density at radius 1 is 0.475 bits per heavy atom. The molecule has 2 aromatic heterocycles. The molecule has 10 aromatic rings. The first-order valence-corrected chi connectivity index (χ1v) is 19.3. The maximum Gasteiger partial charge on any atom is 0.144 e. The van der Waals surface area contributed by atoms with Gasteiger partial charge in [-0.15, -0.1) is 23.0 Å². The molecule has 0 unspecified atom stereocenters. The van der Waals surface area contributed by atoms with Crippen LogP contribution in [0.2, 0.25) is 0 Å². The first-order valence-electron chi connectivity index (χ1n) is 19.3. The molecule has 59 heavy (non-hydrogen) atoms. The number of aromatic nitrogens is 2. The van der Waals surface area contributed by atoms with E-state index in [4.69, 9.17) is 48.6 Å². The van der Waals surface area contributed by atoms with Crippen LogP contribution in [0.1, 0.15) is 0 Å². The van der Waals surface area contributed by atoms with Gasteiger partial charge in [0, 0.05) is 16.3 Å². The van der Waals surface area contributed by atoms with E-state index in [1.54, 1.807) is 4.57 Å². The summed E-state index contributed by atoms with van der Waals surface area (Å²) in [5.41, 5.74) is 11.2. The van der Waals surface area contributed by atoms with Gasteiger partial charge in [-0.25, -0.2) is 4.98 Å². The molecule has 0 amide bonds. The molecular formula is C51H29B5N2O. The topological polar surface area (TPSA) is 31.0 Å². The van der Waals surface area contributed by atoms with Crippen LogP contribution in [0.5, 0.6) is 0 Å². The summed E-state index contributed by atoms with van der Waals surface area (Å²) in [6.07, 6.45) is 0. The third-order valence-electron chi connectivity index (χ3n) is 11.2. The van der Waals surface area contributed by atoms with E-state index in [1.807, 2.05) is 42.5 Å². The summed E-state index contributed by atoms with van der Waals surface area (Å²) in [4.78, 5) is 5.01. The standard InChI is InChI=1S/C51H29B5N2O/c1-29(52)47(53)48(54)49(55)50(56)58-41-19-9-8-18-40(41)57-51(58)32-24-22-31(23-25-32)44-34-14-5-6-15-35(34)45(39-28-33(26-27-36(39)44)30-12-3-2-4-13-30)38-17-11-21-43-46(38)37-16-7-10-20-42(37)59-43/h2-28H,1H2/b48-47-,50-49-. The van der Waals surface area contributed by atoms with Gasteiger partial charge in [-0.2, -0.15) is 0 Å². The fraction of sp³-hybridized carbons (Fsp3) is 0. The van der Waals surface area contributed by atoms with Crippen LogP contribution in [0.15, 0.2) is 197 Å². The first kappa shape index (κ1) is 36.4. The predicted molar refractivity (Wildman–Crippen MR) is 252 cm³/mol. The van der Waals surface area contributed by atoms with Crippen LogP contribution in [-0.2, 0) is 0 Å². The molecule has 8 aromatic carbocycles. The van der Waals surface area contributed by atoms with E-state index >= 15 is 0 Å². The molecule has 0 bridgehead atoms. The van der Waals surface area contributed by atoms with Gasteiger partial charge in [0.15, 0.2) is 0 Å². The molecule has 0 fully saturated rings. The number of furan rings is 1. The second-order valence-corrected chi connectivity index (χ2v) is 14.7. The summed E-state index contributed by atoms with van der Waals surface area (Å²) >= 11 is 0. The van der Waals surface area contributed by atoms with Gasteiger partial charge in [-0.05, 0) is 90.9 Å². The van der Waals surface area contributed by atoms with Crippen molar-refractivity contribution in [3.05, 3.63) is 192 Å². The Kier molecular flexibility index (Phi) is 8.94. The monoisotopic (exact) mass is 740 g/mol. The number of benzene rings is 8. The van der Waals surface area contributed by atoms with Crippen molar-refractivity contribution in [2.75, 3.05) is 0 Å². The van der Waals surface area contributed by atoms with E-state index < -0.39 is 0 Å². The third-order valence-corrected chi connectivity index (χ3v) is 11.2. The van der Waals surface area contributed by atoms with Crippen LogP contribution in [0.25, 0.3) is 105 Å². The SMILES string of the molecule is [B]C(=C)/C([B])=C([B])\C([B])=C(/[B])n1c(-c2ccc(-c3c4ccccc4c(-c4cccc5oc6ccccc6c45)c4cc(-c5ccccc5)ccc34)cc2)nc2ccccc21. The normalized spacial score (nSPS) is 12.7. The molecule has 0 spiro atoms. The lowest BCUT2D eigenvalue weighted by atomic mass is 9.63. The predicted octanol–water partition coefficient (Wildman–Crippen LogP) is 11.6. The Morgan fingerprint density at radius 3 is 1.85 bits per heavy atom. The first-order chi connectivity index (χ1) is 28.8. The van der Waals surface area contributed by atoms with E-state index in [-0.39, 0.29) is 27.5 Å². The molecule has 3 nitrogen and oxygen atoms in total. The lowest BCUT2D eigenvalue weighted by molar-refractivity contribution is 0.669. The number of imidazole rings is 1. The fourth-order valence-electron chi connectivity index (χ4n) is 8.40. The zero-order valence-corrected chi connectivity index (χ0v) is 32.0. The molecule has 264 valence electrons. The minimum atomic E-state index is 0.0453. The van der Waals surface area contributed by atoms with E-state index in [0.29, 0.717) is 5.82 Å². The molecule has 10 rings (SSSR count). The molecule has 0 atom stereocenters. The number of hydrogen-bond donors (Lipinski definition) is 0. The molecule has 0 saturated heterocycles. The summed E-state index contributed by atoms with van der Waals surface area (Å²) in [6, 6.07) is 56.8. The smallest absolute Gasteiger partial charge is 0.144 e. The van der Waals surface area contributed by atoms with Crippen LogP contribution in [0, 0.1) is 0 Å². The molecular weight excluding hydrogens is 711 g/mol. The molecule has 0 N–H and O–H groups in total. The number of allylic oxidation sites excluding steroid dienone is 4. The van der Waals surface area contributed by atoms with Gasteiger partial charge in [0.1, 0.15) is 56.2 Å². The van der Waals surface area contributed by atoms with Crippen molar-refractivity contribution < 1.29 is 4.42 Å². The zero-order valence-electron chi connectivity index (χ0n) is 32.0. The van der Waals surface area contributed by atoms with E-state index in [1.165, 1.54) is 0 Å². The van der Waals surface area contributed by atoms with Crippen molar-refractivity contribution in [1.29, 1.82) is 0 Å². The molecule has 10 radical (unpaired) electrons. The van der Waals surface area contributed by atoms with Gasteiger partial charge in [-0.3, -0.25) is 0 Å². The number of para-hydroxylation sites is 3. The average Bonchev–Trinajstić information content (AvgIpc) is 3.86. The van der Waals surface area contributed by atoms with Crippen molar-refractivity contribution >= 4 is 99.3 Å². The van der Waals surface area contributed by atoms with Crippen molar-refractivity contribution in [3.63, 3.8) is 0 Å². The Balaban J connectivity index is 1.21. The van der Waals surface area contributed by atoms with Gasteiger partial charge in [0.05, 0.1) is 11.0 Å². The van der Waals surface area contributed by atoms with Gasteiger partial charge in [0.2, 0.25) is 0 Å². The van der Waals surface area contributed by atoms with Gasteiger partial charge >= 0.3 is 0 Å². The lowest BCUT2D eigenvalue weighted by Gasteiger charge is -2.20. The fourth-order valence-corrected chi connectivity index (χ4v) is 8.40. The van der Waals surface area contributed by atoms with E-state index in [0.717, 1.165) is 93.5 Å². The summed E-state index contributed by atoms with van der Waals surface area (Å²) in [5, 5.41) is 6.73. The Labute approximate surface area is 348 Å². The Bertz CT molecular complexity index is 3400. The molecule has 0 aliphatic heterocycles. The van der Waals surface area contributed by atoms with E-state index in [9.17, 15) is 0 Å². The quantitative estimate of drug-likeness (QED) is 0.0926. The average molecular weight is 740 g/mol. The molecule has 0 aliphatic carbocycles. The molecule has 0 aliphatic rings. The lowest BCUT2D eigenvalue weighted by Crippen LogP contribution is -2.08. The summed E-state index contributed by atoms with van der Waals surface area (Å²) < 4.78 is 8.21. The van der Waals surface area contributed by atoms with Gasteiger partial charge in [-0.1, -0.05) is 139 Å². The zero-order chi connectivity index (χ0) is 40.4. The highest BCUT2D eigenvalue weighted by atomic mass is 16.3. The number of hydrogen-bond acceptors (Lipinski definition) is 2. The summed E-state index contributed by atoms with van der Waals surface area (Å²) in [7, 11) is 31.6. The minimum absolute atomic E-state index is 0.0453. The number of rotatable bonds is 7. The molecule has 0 saturated carbocycles. The number of fused-ring (bicyclic) bond motifs is 6. The molecule has 2 heterocycles. The van der Waals surface area contributed by atoms with E-state index in [2.05, 4.69) is 128 Å². The highest BCUT2D eigenvalue weighted by Gasteiger charge is 2.22. The largest absolute Gasteiger partial charge is 0.456 e. The Hall–Kier alpha value is -6.91. The van der Waals surface area contributed by atoms with Crippen LogP contribution in [0.4, 0.5) is 0 Å². The van der Waals surface area contributed by atoms with Crippen molar-refractivity contribution in [1.82, 2.24) is 9.55 Å². The second kappa shape index (κ2) is 14.5. The maximum absolute atomic E-state index is 6.78. The van der Waals surface area contributed by atoms with Crippen molar-refractivity contribution in [2.45, 2.75) is 0 Å². The van der Waals surface area contributed by atoms with Crippen LogP contribution in [-0.4, -0.2) is 48.8 Å². The van der Waals surface area contributed by atoms with Crippen molar-refractivity contribution in [2.24, 2.45) is 0 Å². The van der Waals surface area contributed by atoms with Crippen LogP contribution in [0.3, 0.4) is 0 Å². The third kappa shape index (κ3) is 6.01.